The van der Waals surface area contributed by atoms with Crippen LogP contribution in [0, 0.1) is 37.8 Å². The van der Waals surface area contributed by atoms with Crippen molar-refractivity contribution in [2.24, 2.45) is 0 Å². The van der Waals surface area contributed by atoms with E-state index in [0.717, 1.165) is 22.4 Å². The van der Waals surface area contributed by atoms with Gasteiger partial charge in [-0.3, -0.25) is 20.2 Å². The van der Waals surface area contributed by atoms with E-state index in [2.05, 4.69) is 22.4 Å². The molecule has 0 bridgehead atoms. The van der Waals surface area contributed by atoms with Crippen LogP contribution in [0.3, 0.4) is 0 Å². The highest BCUT2D eigenvalue weighted by Crippen LogP contribution is 2.31. The second kappa shape index (κ2) is 7.28. The maximum Gasteiger partial charge on any atom is 0.285 e. The van der Waals surface area contributed by atoms with Gasteiger partial charge in [0.1, 0.15) is 5.56 Å². The summed E-state index contributed by atoms with van der Waals surface area (Å²) in [5.74, 6) is -0.538. The summed E-state index contributed by atoms with van der Waals surface area (Å²) in [6.45, 7) is 7.72. The topological polar surface area (TPSA) is 85.1 Å². The number of thiazole rings is 1. The van der Waals surface area contributed by atoms with Crippen molar-refractivity contribution in [1.29, 1.82) is 0 Å². The molecule has 3 rings (SSSR count). The van der Waals surface area contributed by atoms with Gasteiger partial charge in [-0.25, -0.2) is 4.98 Å². The van der Waals surface area contributed by atoms with Gasteiger partial charge in [0.15, 0.2) is 5.13 Å². The van der Waals surface area contributed by atoms with Gasteiger partial charge in [0.2, 0.25) is 0 Å². The maximum atomic E-state index is 12.6. The van der Waals surface area contributed by atoms with Crippen LogP contribution in [0.15, 0.2) is 35.7 Å². The molecule has 0 atom stereocenters. The molecule has 27 heavy (non-hydrogen) atoms. The monoisotopic (exact) mass is 381 g/mol. The Morgan fingerprint density at radius 2 is 1.78 bits per heavy atom. The van der Waals surface area contributed by atoms with Gasteiger partial charge >= 0.3 is 0 Å². The number of hydrogen-bond donors (Lipinski definition) is 1. The Kier molecular flexibility index (Phi) is 5.05. The summed E-state index contributed by atoms with van der Waals surface area (Å²) in [5, 5.41) is 16.3. The molecule has 2 aromatic carbocycles. The van der Waals surface area contributed by atoms with Crippen molar-refractivity contribution in [2.75, 3.05) is 5.32 Å². The third-order valence-corrected chi connectivity index (χ3v) is 5.08. The number of aryl methyl sites for hydroxylation is 4. The van der Waals surface area contributed by atoms with E-state index in [0.29, 0.717) is 10.7 Å². The van der Waals surface area contributed by atoms with E-state index < -0.39 is 10.8 Å². The van der Waals surface area contributed by atoms with Crippen LogP contribution in [-0.2, 0) is 0 Å². The number of nitro benzene ring substituents is 1. The van der Waals surface area contributed by atoms with Gasteiger partial charge < -0.3 is 0 Å². The first-order chi connectivity index (χ1) is 12.8. The molecule has 0 spiro atoms. The van der Waals surface area contributed by atoms with Crippen LogP contribution in [0.2, 0.25) is 0 Å². The number of carbonyl (C=O) groups excluding carboxylic acids is 1. The number of amides is 1. The summed E-state index contributed by atoms with van der Waals surface area (Å²) >= 11 is 1.29. The molecule has 0 saturated heterocycles. The van der Waals surface area contributed by atoms with Crippen molar-refractivity contribution in [3.05, 3.63) is 73.6 Å². The summed E-state index contributed by atoms with van der Waals surface area (Å²) in [5.41, 5.74) is 5.53. The minimum atomic E-state index is -0.538. The van der Waals surface area contributed by atoms with Crippen molar-refractivity contribution in [2.45, 2.75) is 27.7 Å². The SMILES string of the molecule is Cc1cc(C)c(-c2csc(NC(=O)c3cccc(C)c3[N+](=O)[O-])n2)c(C)c1. The zero-order valence-corrected chi connectivity index (χ0v) is 16.3. The lowest BCUT2D eigenvalue weighted by Gasteiger charge is -2.09. The number of nitrogens with one attached hydrogen (secondary N) is 1. The van der Waals surface area contributed by atoms with E-state index in [9.17, 15) is 14.9 Å². The Bertz CT molecular complexity index is 1030. The molecule has 1 amide bonds. The van der Waals surface area contributed by atoms with Crippen LogP contribution in [0.4, 0.5) is 10.8 Å². The first kappa shape index (κ1) is 18.7. The normalized spacial score (nSPS) is 10.7. The van der Waals surface area contributed by atoms with Crippen molar-refractivity contribution >= 4 is 28.1 Å². The highest BCUT2D eigenvalue weighted by Gasteiger charge is 2.23. The Morgan fingerprint density at radius 3 is 2.41 bits per heavy atom. The van der Waals surface area contributed by atoms with Gasteiger partial charge in [-0.1, -0.05) is 29.8 Å². The molecule has 0 aliphatic rings. The molecule has 1 aromatic heterocycles. The molecule has 1 heterocycles. The minimum absolute atomic E-state index is 0.0273. The van der Waals surface area contributed by atoms with E-state index in [-0.39, 0.29) is 11.3 Å². The summed E-state index contributed by atoms with van der Waals surface area (Å²) < 4.78 is 0. The minimum Gasteiger partial charge on any atom is -0.298 e. The summed E-state index contributed by atoms with van der Waals surface area (Å²) in [7, 11) is 0. The molecule has 0 unspecified atom stereocenters. The van der Waals surface area contributed by atoms with Crippen LogP contribution in [-0.4, -0.2) is 15.8 Å². The molecular formula is C20H19N3O3S. The van der Waals surface area contributed by atoms with Crippen molar-refractivity contribution in [1.82, 2.24) is 4.98 Å². The van der Waals surface area contributed by atoms with Crippen LogP contribution >= 0.6 is 11.3 Å². The molecule has 0 fully saturated rings. The first-order valence-electron chi connectivity index (χ1n) is 8.37. The molecule has 1 N–H and O–H groups in total. The van der Waals surface area contributed by atoms with Gasteiger partial charge in [-0.15, -0.1) is 11.3 Å². The fraction of sp³-hybridized carbons (Fsp3) is 0.200. The quantitative estimate of drug-likeness (QED) is 0.497. The van der Waals surface area contributed by atoms with Crippen LogP contribution in [0.25, 0.3) is 11.3 Å². The second-order valence-corrected chi connectivity index (χ2v) is 7.35. The van der Waals surface area contributed by atoms with Crippen molar-refractivity contribution in [3.63, 3.8) is 0 Å². The molecule has 0 aliphatic carbocycles. The van der Waals surface area contributed by atoms with Gasteiger partial charge in [0.25, 0.3) is 11.6 Å². The van der Waals surface area contributed by atoms with Crippen molar-refractivity contribution < 1.29 is 9.72 Å². The molecule has 0 radical (unpaired) electrons. The lowest BCUT2D eigenvalue weighted by atomic mass is 9.98. The lowest BCUT2D eigenvalue weighted by molar-refractivity contribution is -0.385. The van der Waals surface area contributed by atoms with Gasteiger partial charge in [-0.05, 0) is 44.9 Å². The molecule has 3 aromatic rings. The second-order valence-electron chi connectivity index (χ2n) is 6.49. The van der Waals surface area contributed by atoms with Gasteiger partial charge in [0, 0.05) is 16.5 Å². The van der Waals surface area contributed by atoms with Crippen LogP contribution in [0.5, 0.6) is 0 Å². The highest BCUT2D eigenvalue weighted by atomic mass is 32.1. The fourth-order valence-corrected chi connectivity index (χ4v) is 3.98. The predicted molar refractivity (Wildman–Crippen MR) is 108 cm³/mol. The number of hydrogen-bond acceptors (Lipinski definition) is 5. The van der Waals surface area contributed by atoms with E-state index in [4.69, 9.17) is 0 Å². The zero-order chi connectivity index (χ0) is 19.7. The smallest absolute Gasteiger partial charge is 0.285 e. The predicted octanol–water partition coefficient (Wildman–Crippen LogP) is 5.20. The Labute approximate surface area is 161 Å². The Morgan fingerprint density at radius 1 is 1.11 bits per heavy atom. The summed E-state index contributed by atoms with van der Waals surface area (Å²) in [4.78, 5) is 27.9. The number of anilines is 1. The highest BCUT2D eigenvalue weighted by molar-refractivity contribution is 7.14. The Balaban J connectivity index is 1.91. The number of aromatic nitrogens is 1. The van der Waals surface area contributed by atoms with Gasteiger partial charge in [-0.2, -0.15) is 0 Å². The number of rotatable bonds is 4. The van der Waals surface area contributed by atoms with Crippen molar-refractivity contribution in [3.8, 4) is 11.3 Å². The van der Waals surface area contributed by atoms with E-state index >= 15 is 0 Å². The standard InChI is InChI=1S/C20H19N3O3S/c1-11-8-13(3)17(14(4)9-11)16-10-27-20(21-16)22-19(24)15-7-5-6-12(2)18(15)23(25)26/h5-10H,1-4H3,(H,21,22,24). The van der Waals surface area contributed by atoms with E-state index in [1.54, 1.807) is 19.1 Å². The van der Waals surface area contributed by atoms with Crippen LogP contribution in [0.1, 0.15) is 32.6 Å². The number of carbonyl (C=O) groups is 1. The maximum absolute atomic E-state index is 12.6. The number of para-hydroxylation sites is 1. The summed E-state index contributed by atoms with van der Waals surface area (Å²) in [6.07, 6.45) is 0. The first-order valence-corrected chi connectivity index (χ1v) is 9.25. The lowest BCUT2D eigenvalue weighted by Crippen LogP contribution is -2.14. The van der Waals surface area contributed by atoms with Crippen LogP contribution < -0.4 is 5.32 Å². The zero-order valence-electron chi connectivity index (χ0n) is 15.5. The average molecular weight is 381 g/mol. The van der Waals surface area contributed by atoms with Gasteiger partial charge in [0.05, 0.1) is 10.6 Å². The molecule has 138 valence electrons. The van der Waals surface area contributed by atoms with E-state index in [1.165, 1.54) is 23.0 Å². The molecular weight excluding hydrogens is 362 g/mol. The summed E-state index contributed by atoms with van der Waals surface area (Å²) in [6, 6.07) is 8.87. The molecule has 6 nitrogen and oxygen atoms in total. The number of nitro groups is 1. The number of nitrogens with zero attached hydrogens (tertiary/aromatic N) is 2. The fourth-order valence-electron chi connectivity index (χ4n) is 3.28. The average Bonchev–Trinajstić information content (AvgIpc) is 3.01. The third kappa shape index (κ3) is 3.73. The molecule has 0 saturated carbocycles. The largest absolute Gasteiger partial charge is 0.298 e. The third-order valence-electron chi connectivity index (χ3n) is 4.32. The molecule has 0 aliphatic heterocycles. The number of benzene rings is 2. The Hall–Kier alpha value is -3.06. The van der Waals surface area contributed by atoms with E-state index in [1.807, 2.05) is 26.2 Å². The molecule has 7 heteroatoms.